The average molecular weight is 183 g/mol. The summed E-state index contributed by atoms with van der Waals surface area (Å²) in [5.41, 5.74) is 1.71. The van der Waals surface area contributed by atoms with E-state index in [-0.39, 0.29) is 11.2 Å². The minimum Gasteiger partial charge on any atom is -0.293 e. The predicted octanol–water partition coefficient (Wildman–Crippen LogP) is 2.64. The molecule has 1 heterocycles. The minimum atomic E-state index is 0.0218. The highest BCUT2D eigenvalue weighted by Gasteiger charge is 2.21. The fourth-order valence-electron chi connectivity index (χ4n) is 1.02. The first-order valence-electron chi connectivity index (χ1n) is 3.88. The normalized spacial score (nSPS) is 11.7. The Labute approximate surface area is 76.8 Å². The summed E-state index contributed by atoms with van der Waals surface area (Å²) in [6.07, 6.45) is 0. The van der Waals surface area contributed by atoms with E-state index in [1.54, 1.807) is 6.92 Å². The largest absolute Gasteiger partial charge is 0.293 e. The molecule has 2 nitrogen and oxygen atoms in total. The van der Waals surface area contributed by atoms with E-state index < -0.39 is 0 Å². The molecule has 0 saturated heterocycles. The molecule has 0 unspecified atom stereocenters. The molecule has 0 aliphatic carbocycles. The molecule has 12 heavy (non-hydrogen) atoms. The van der Waals surface area contributed by atoms with Gasteiger partial charge < -0.3 is 0 Å². The number of hydrogen-bond donors (Lipinski definition) is 0. The predicted molar refractivity (Wildman–Crippen MR) is 50.8 cm³/mol. The number of hydrogen-bond acceptors (Lipinski definition) is 3. The van der Waals surface area contributed by atoms with Crippen molar-refractivity contribution in [2.75, 3.05) is 0 Å². The van der Waals surface area contributed by atoms with Crippen molar-refractivity contribution < 1.29 is 4.79 Å². The topological polar surface area (TPSA) is 30.0 Å². The standard InChI is InChI=1S/C9H13NOS/c1-6(11)8-7(5-12-10-8)9(2,3)4/h5H,1-4H3. The van der Waals surface area contributed by atoms with Crippen molar-refractivity contribution in [3.8, 4) is 0 Å². The fraction of sp³-hybridized carbons (Fsp3) is 0.556. The van der Waals surface area contributed by atoms with Gasteiger partial charge in [0.1, 0.15) is 5.69 Å². The van der Waals surface area contributed by atoms with Gasteiger partial charge in [-0.3, -0.25) is 4.79 Å². The molecular weight excluding hydrogens is 170 g/mol. The van der Waals surface area contributed by atoms with E-state index in [4.69, 9.17) is 0 Å². The van der Waals surface area contributed by atoms with Gasteiger partial charge in [0.2, 0.25) is 0 Å². The summed E-state index contributed by atoms with van der Waals surface area (Å²) in [7, 11) is 0. The Hall–Kier alpha value is -0.700. The minimum absolute atomic E-state index is 0.0218. The van der Waals surface area contributed by atoms with Crippen LogP contribution < -0.4 is 0 Å². The van der Waals surface area contributed by atoms with Crippen molar-refractivity contribution in [1.82, 2.24) is 4.37 Å². The van der Waals surface area contributed by atoms with Crippen LogP contribution >= 0.6 is 11.5 Å². The molecule has 0 aliphatic rings. The first kappa shape index (κ1) is 9.39. The highest BCUT2D eigenvalue weighted by atomic mass is 32.1. The van der Waals surface area contributed by atoms with Crippen LogP contribution in [-0.4, -0.2) is 10.2 Å². The number of carbonyl (C=O) groups is 1. The van der Waals surface area contributed by atoms with Crippen molar-refractivity contribution in [1.29, 1.82) is 0 Å². The third-order valence-electron chi connectivity index (χ3n) is 1.71. The molecule has 1 rings (SSSR count). The molecule has 0 saturated carbocycles. The molecule has 0 aromatic carbocycles. The monoisotopic (exact) mass is 183 g/mol. The second kappa shape index (κ2) is 2.98. The maximum Gasteiger partial charge on any atom is 0.179 e. The Morgan fingerprint density at radius 3 is 2.42 bits per heavy atom. The van der Waals surface area contributed by atoms with E-state index in [0.717, 1.165) is 5.56 Å². The van der Waals surface area contributed by atoms with Crippen LogP contribution in [0.4, 0.5) is 0 Å². The summed E-state index contributed by atoms with van der Waals surface area (Å²) in [6, 6.07) is 0. The van der Waals surface area contributed by atoms with E-state index in [1.165, 1.54) is 11.5 Å². The summed E-state index contributed by atoms with van der Waals surface area (Å²) < 4.78 is 4.07. The summed E-state index contributed by atoms with van der Waals surface area (Å²) in [6.45, 7) is 7.82. The maximum atomic E-state index is 11.1. The summed E-state index contributed by atoms with van der Waals surface area (Å²) >= 11 is 1.35. The van der Waals surface area contributed by atoms with Crippen molar-refractivity contribution in [3.05, 3.63) is 16.6 Å². The Morgan fingerprint density at radius 2 is 2.08 bits per heavy atom. The maximum absolute atomic E-state index is 11.1. The zero-order valence-electron chi connectivity index (χ0n) is 7.84. The van der Waals surface area contributed by atoms with Crippen LogP contribution in [0.15, 0.2) is 5.38 Å². The van der Waals surface area contributed by atoms with Gasteiger partial charge in [-0.05, 0) is 22.5 Å². The number of Topliss-reactive ketones (excluding diaryl/α,β-unsaturated/α-hetero) is 1. The first-order chi connectivity index (χ1) is 5.43. The van der Waals surface area contributed by atoms with Gasteiger partial charge >= 0.3 is 0 Å². The van der Waals surface area contributed by atoms with Crippen molar-refractivity contribution in [2.45, 2.75) is 33.1 Å². The van der Waals surface area contributed by atoms with E-state index in [1.807, 2.05) is 5.38 Å². The SMILES string of the molecule is CC(=O)c1nscc1C(C)(C)C. The van der Waals surface area contributed by atoms with Gasteiger partial charge in [0.05, 0.1) is 0 Å². The Balaban J connectivity index is 3.17. The van der Waals surface area contributed by atoms with Gasteiger partial charge in [0.25, 0.3) is 0 Å². The molecule has 0 bridgehead atoms. The average Bonchev–Trinajstić information content (AvgIpc) is 2.30. The lowest BCUT2D eigenvalue weighted by atomic mass is 9.87. The molecule has 3 heteroatoms. The summed E-state index contributed by atoms with van der Waals surface area (Å²) in [5, 5.41) is 1.96. The molecule has 0 atom stereocenters. The molecule has 0 N–H and O–H groups in total. The molecular formula is C9H13NOS. The van der Waals surface area contributed by atoms with E-state index in [0.29, 0.717) is 5.69 Å². The van der Waals surface area contributed by atoms with Crippen LogP contribution in [0.3, 0.4) is 0 Å². The lowest BCUT2D eigenvalue weighted by molar-refractivity contribution is 0.101. The van der Waals surface area contributed by atoms with Crippen LogP contribution in [0, 0.1) is 0 Å². The summed E-state index contributed by atoms with van der Waals surface area (Å²) in [4.78, 5) is 11.1. The highest BCUT2D eigenvalue weighted by molar-refractivity contribution is 7.03. The second-order valence-corrected chi connectivity index (χ2v) is 4.51. The first-order valence-corrected chi connectivity index (χ1v) is 4.72. The molecule has 0 spiro atoms. The Kier molecular flexibility index (Phi) is 2.33. The van der Waals surface area contributed by atoms with Gasteiger partial charge in [-0.1, -0.05) is 20.8 Å². The second-order valence-electron chi connectivity index (χ2n) is 3.88. The molecule has 1 aromatic rings. The number of nitrogens with zero attached hydrogens (tertiary/aromatic N) is 1. The van der Waals surface area contributed by atoms with Gasteiger partial charge in [-0.25, -0.2) is 0 Å². The molecule has 0 amide bonds. The smallest absolute Gasteiger partial charge is 0.179 e. The number of ketones is 1. The van der Waals surface area contributed by atoms with Crippen LogP contribution in [-0.2, 0) is 5.41 Å². The molecule has 66 valence electrons. The zero-order valence-corrected chi connectivity index (χ0v) is 8.66. The zero-order chi connectivity index (χ0) is 9.35. The molecule has 1 aromatic heterocycles. The number of aromatic nitrogens is 1. The lowest BCUT2D eigenvalue weighted by Gasteiger charge is -2.17. The van der Waals surface area contributed by atoms with Crippen molar-refractivity contribution in [2.24, 2.45) is 0 Å². The fourth-order valence-corrected chi connectivity index (χ4v) is 1.98. The van der Waals surface area contributed by atoms with Crippen LogP contribution in [0.5, 0.6) is 0 Å². The summed E-state index contributed by atoms with van der Waals surface area (Å²) in [5.74, 6) is 0.0566. The van der Waals surface area contributed by atoms with Gasteiger partial charge in [0, 0.05) is 12.3 Å². The Bertz CT molecular complexity index is 296. The van der Waals surface area contributed by atoms with Gasteiger partial charge in [-0.2, -0.15) is 4.37 Å². The lowest BCUT2D eigenvalue weighted by Crippen LogP contribution is -2.14. The van der Waals surface area contributed by atoms with E-state index in [2.05, 4.69) is 25.1 Å². The molecule has 0 radical (unpaired) electrons. The molecule has 0 fully saturated rings. The van der Waals surface area contributed by atoms with E-state index >= 15 is 0 Å². The number of rotatable bonds is 1. The number of carbonyl (C=O) groups excluding carboxylic acids is 1. The van der Waals surface area contributed by atoms with Gasteiger partial charge in [-0.15, -0.1) is 0 Å². The third kappa shape index (κ3) is 1.72. The van der Waals surface area contributed by atoms with Crippen molar-refractivity contribution >= 4 is 17.3 Å². The van der Waals surface area contributed by atoms with Crippen LogP contribution in [0.25, 0.3) is 0 Å². The van der Waals surface area contributed by atoms with Crippen molar-refractivity contribution in [3.63, 3.8) is 0 Å². The highest BCUT2D eigenvalue weighted by Crippen LogP contribution is 2.26. The van der Waals surface area contributed by atoms with E-state index in [9.17, 15) is 4.79 Å². The third-order valence-corrected chi connectivity index (χ3v) is 2.34. The van der Waals surface area contributed by atoms with Crippen LogP contribution in [0.1, 0.15) is 43.7 Å². The Morgan fingerprint density at radius 1 is 1.50 bits per heavy atom. The van der Waals surface area contributed by atoms with Gasteiger partial charge in [0.15, 0.2) is 5.78 Å². The quantitative estimate of drug-likeness (QED) is 0.626. The molecule has 0 aliphatic heterocycles. The van der Waals surface area contributed by atoms with Crippen LogP contribution in [0.2, 0.25) is 0 Å².